The van der Waals surface area contributed by atoms with Gasteiger partial charge in [-0.1, -0.05) is 82.7 Å². The topological polar surface area (TPSA) is 15.6 Å². The van der Waals surface area contributed by atoms with Crippen LogP contribution in [0.2, 0.25) is 0 Å². The van der Waals surface area contributed by atoms with Gasteiger partial charge in [0.25, 0.3) is 0 Å². The second-order valence-corrected chi connectivity index (χ2v) is 6.00. The number of rotatable bonds is 5. The van der Waals surface area contributed by atoms with E-state index in [-0.39, 0.29) is 0 Å². The van der Waals surface area contributed by atoms with Gasteiger partial charge in [-0.3, -0.25) is 5.01 Å². The molecule has 2 nitrogen and oxygen atoms in total. The average Bonchev–Trinajstić information content (AvgIpc) is 2.61. The molecule has 0 bridgehead atoms. The minimum absolute atomic E-state index is 0.728. The highest BCUT2D eigenvalue weighted by atomic mass is 79.9. The standard InChI is InChI=1S/C20H17BrN2/c21-20-14-8-7-11-18(20)15-22-23(19-12-5-2-6-13-19)16-17-9-3-1-4-10-17/h1-15H,16H2/b22-15-. The summed E-state index contributed by atoms with van der Waals surface area (Å²) in [5.74, 6) is 0. The van der Waals surface area contributed by atoms with Crippen LogP contribution in [-0.2, 0) is 6.54 Å². The molecule has 23 heavy (non-hydrogen) atoms. The Morgan fingerprint density at radius 1 is 0.783 bits per heavy atom. The van der Waals surface area contributed by atoms with Crippen molar-refractivity contribution in [2.45, 2.75) is 6.54 Å². The van der Waals surface area contributed by atoms with Crippen molar-refractivity contribution in [2.24, 2.45) is 5.10 Å². The third kappa shape index (κ3) is 4.30. The van der Waals surface area contributed by atoms with Gasteiger partial charge in [-0.2, -0.15) is 5.10 Å². The average molecular weight is 365 g/mol. The maximum atomic E-state index is 4.70. The highest BCUT2D eigenvalue weighted by molar-refractivity contribution is 9.10. The molecule has 3 heteroatoms. The van der Waals surface area contributed by atoms with Gasteiger partial charge in [0, 0.05) is 10.0 Å². The molecule has 3 rings (SSSR count). The first kappa shape index (κ1) is 15.5. The van der Waals surface area contributed by atoms with Crippen molar-refractivity contribution in [1.29, 1.82) is 0 Å². The summed E-state index contributed by atoms with van der Waals surface area (Å²) in [7, 11) is 0. The third-order valence-corrected chi connectivity index (χ3v) is 4.19. The van der Waals surface area contributed by atoms with Crippen LogP contribution in [-0.4, -0.2) is 6.21 Å². The molecule has 0 aliphatic carbocycles. The normalized spacial score (nSPS) is 10.8. The Kier molecular flexibility index (Phi) is 5.22. The number of hydrogen-bond donors (Lipinski definition) is 0. The zero-order chi connectivity index (χ0) is 15.9. The first-order valence-electron chi connectivity index (χ1n) is 7.48. The summed E-state index contributed by atoms with van der Waals surface area (Å²) in [5, 5.41) is 6.71. The van der Waals surface area contributed by atoms with Gasteiger partial charge in [-0.05, 0) is 23.8 Å². The van der Waals surface area contributed by atoms with Crippen LogP contribution in [0, 0.1) is 0 Å². The van der Waals surface area contributed by atoms with Gasteiger partial charge in [-0.25, -0.2) is 0 Å². The lowest BCUT2D eigenvalue weighted by Crippen LogP contribution is -2.16. The molecule has 0 aliphatic rings. The molecular formula is C20H17BrN2. The Morgan fingerprint density at radius 3 is 2.09 bits per heavy atom. The molecule has 0 fully saturated rings. The van der Waals surface area contributed by atoms with Crippen molar-refractivity contribution >= 4 is 27.8 Å². The minimum atomic E-state index is 0.728. The molecule has 3 aromatic rings. The van der Waals surface area contributed by atoms with Crippen molar-refractivity contribution in [3.63, 3.8) is 0 Å². The Morgan fingerprint density at radius 2 is 1.39 bits per heavy atom. The van der Waals surface area contributed by atoms with Crippen LogP contribution in [0.4, 0.5) is 5.69 Å². The van der Waals surface area contributed by atoms with E-state index in [9.17, 15) is 0 Å². The first-order valence-corrected chi connectivity index (χ1v) is 8.27. The lowest BCUT2D eigenvalue weighted by atomic mass is 10.2. The maximum Gasteiger partial charge on any atom is 0.0666 e. The van der Waals surface area contributed by atoms with Crippen molar-refractivity contribution in [3.05, 3.63) is 101 Å². The van der Waals surface area contributed by atoms with Crippen LogP contribution in [0.15, 0.2) is 94.5 Å². The monoisotopic (exact) mass is 364 g/mol. The zero-order valence-corrected chi connectivity index (χ0v) is 14.2. The smallest absolute Gasteiger partial charge is 0.0666 e. The lowest BCUT2D eigenvalue weighted by Gasteiger charge is -2.19. The van der Waals surface area contributed by atoms with Gasteiger partial charge in [0.05, 0.1) is 18.4 Å². The van der Waals surface area contributed by atoms with Crippen molar-refractivity contribution in [1.82, 2.24) is 0 Å². The molecule has 3 aromatic carbocycles. The van der Waals surface area contributed by atoms with Gasteiger partial charge >= 0.3 is 0 Å². The largest absolute Gasteiger partial charge is 0.261 e. The quantitative estimate of drug-likeness (QED) is 0.431. The molecule has 114 valence electrons. The molecule has 0 heterocycles. The minimum Gasteiger partial charge on any atom is -0.261 e. The zero-order valence-electron chi connectivity index (χ0n) is 12.6. The Hall–Kier alpha value is -2.39. The predicted molar refractivity (Wildman–Crippen MR) is 101 cm³/mol. The number of para-hydroxylation sites is 1. The number of halogens is 1. The molecule has 0 N–H and O–H groups in total. The Balaban J connectivity index is 1.88. The molecule has 0 spiro atoms. The second-order valence-electron chi connectivity index (χ2n) is 5.14. The van der Waals surface area contributed by atoms with Crippen LogP contribution < -0.4 is 5.01 Å². The summed E-state index contributed by atoms with van der Waals surface area (Å²) in [6.07, 6.45) is 1.89. The van der Waals surface area contributed by atoms with E-state index in [1.165, 1.54) is 5.56 Å². The highest BCUT2D eigenvalue weighted by Gasteiger charge is 2.05. The van der Waals surface area contributed by atoms with E-state index in [2.05, 4.69) is 52.3 Å². The number of hydrazone groups is 1. The van der Waals surface area contributed by atoms with Crippen LogP contribution >= 0.6 is 15.9 Å². The summed E-state index contributed by atoms with van der Waals surface area (Å²) in [6, 6.07) is 28.6. The highest BCUT2D eigenvalue weighted by Crippen LogP contribution is 2.18. The Bertz CT molecular complexity index is 770. The lowest BCUT2D eigenvalue weighted by molar-refractivity contribution is 0.858. The third-order valence-electron chi connectivity index (χ3n) is 3.47. The van der Waals surface area contributed by atoms with Gasteiger partial charge in [0.2, 0.25) is 0 Å². The van der Waals surface area contributed by atoms with Crippen LogP contribution in [0.5, 0.6) is 0 Å². The molecule has 0 amide bonds. The summed E-state index contributed by atoms with van der Waals surface area (Å²) >= 11 is 3.56. The number of benzene rings is 3. The summed E-state index contributed by atoms with van der Waals surface area (Å²) in [6.45, 7) is 0.728. The van der Waals surface area contributed by atoms with E-state index in [1.54, 1.807) is 0 Å². The molecular weight excluding hydrogens is 348 g/mol. The van der Waals surface area contributed by atoms with E-state index in [4.69, 9.17) is 5.10 Å². The van der Waals surface area contributed by atoms with E-state index >= 15 is 0 Å². The van der Waals surface area contributed by atoms with Crippen LogP contribution in [0.3, 0.4) is 0 Å². The fourth-order valence-electron chi connectivity index (χ4n) is 2.27. The number of anilines is 1. The van der Waals surface area contributed by atoms with Crippen molar-refractivity contribution in [3.8, 4) is 0 Å². The molecule has 0 radical (unpaired) electrons. The van der Waals surface area contributed by atoms with E-state index in [1.807, 2.05) is 59.8 Å². The summed E-state index contributed by atoms with van der Waals surface area (Å²) in [5.41, 5.74) is 3.35. The molecule has 0 saturated carbocycles. The van der Waals surface area contributed by atoms with E-state index in [0.717, 1.165) is 22.3 Å². The number of hydrogen-bond acceptors (Lipinski definition) is 2. The van der Waals surface area contributed by atoms with Gasteiger partial charge in [-0.15, -0.1) is 0 Å². The summed E-state index contributed by atoms with van der Waals surface area (Å²) < 4.78 is 1.04. The maximum absolute atomic E-state index is 4.70. The molecule has 0 aliphatic heterocycles. The van der Waals surface area contributed by atoms with E-state index < -0.39 is 0 Å². The van der Waals surface area contributed by atoms with Crippen LogP contribution in [0.1, 0.15) is 11.1 Å². The van der Waals surface area contributed by atoms with Gasteiger partial charge in [0.1, 0.15) is 0 Å². The Labute approximate surface area is 145 Å². The molecule has 0 unspecified atom stereocenters. The summed E-state index contributed by atoms with van der Waals surface area (Å²) in [4.78, 5) is 0. The van der Waals surface area contributed by atoms with Crippen molar-refractivity contribution < 1.29 is 0 Å². The number of nitrogens with zero attached hydrogens (tertiary/aromatic N) is 2. The molecule has 0 atom stereocenters. The fraction of sp³-hybridized carbons (Fsp3) is 0.0500. The predicted octanol–water partition coefficient (Wildman–Crippen LogP) is 5.49. The van der Waals surface area contributed by atoms with Gasteiger partial charge < -0.3 is 0 Å². The fourth-order valence-corrected chi connectivity index (χ4v) is 2.65. The van der Waals surface area contributed by atoms with Crippen LogP contribution in [0.25, 0.3) is 0 Å². The first-order chi connectivity index (χ1) is 11.3. The van der Waals surface area contributed by atoms with Gasteiger partial charge in [0.15, 0.2) is 0 Å². The second kappa shape index (κ2) is 7.75. The molecule has 0 saturated heterocycles. The van der Waals surface area contributed by atoms with E-state index in [0.29, 0.717) is 0 Å². The molecule has 0 aromatic heterocycles. The van der Waals surface area contributed by atoms with Crippen molar-refractivity contribution in [2.75, 3.05) is 5.01 Å². The SMILES string of the molecule is Brc1ccccc1/C=N\N(Cc1ccccc1)c1ccccc1.